The number of hydrogen-bond donors (Lipinski definition) is 3. The second-order valence-electron chi connectivity index (χ2n) is 4.12. The third-order valence-corrected chi connectivity index (χ3v) is 3.78. The van der Waals surface area contributed by atoms with Gasteiger partial charge in [0.25, 0.3) is 5.91 Å². The number of hydrogen-bond acceptors (Lipinski definition) is 6. The minimum Gasteiger partial charge on any atom is -0.290 e. The van der Waals surface area contributed by atoms with Crippen molar-refractivity contribution in [3.63, 3.8) is 0 Å². The van der Waals surface area contributed by atoms with Gasteiger partial charge in [-0.15, -0.1) is 0 Å². The number of carbonyl (C=O) groups excluding carboxylic acids is 1. The fourth-order valence-electron chi connectivity index (χ4n) is 1.68. The molecule has 0 fully saturated rings. The average Bonchev–Trinajstić information content (AvgIpc) is 2.49. The summed E-state index contributed by atoms with van der Waals surface area (Å²) in [4.78, 5) is 37.7. The van der Waals surface area contributed by atoms with Gasteiger partial charge < -0.3 is 0 Å². The van der Waals surface area contributed by atoms with E-state index >= 15 is 0 Å². The summed E-state index contributed by atoms with van der Waals surface area (Å²) < 4.78 is 1.36. The Morgan fingerprint density at radius 1 is 1.43 bits per heavy atom. The van der Waals surface area contributed by atoms with E-state index in [-0.39, 0.29) is 0 Å². The van der Waals surface area contributed by atoms with Gasteiger partial charge in [0, 0.05) is 18.4 Å². The highest BCUT2D eigenvalue weighted by Gasteiger charge is 2.11. The minimum atomic E-state index is -0.844. The van der Waals surface area contributed by atoms with Crippen LogP contribution in [0.5, 0.6) is 0 Å². The summed E-state index contributed by atoms with van der Waals surface area (Å²) in [6, 6.07) is 6.95. The molecule has 21 heavy (non-hydrogen) atoms. The van der Waals surface area contributed by atoms with E-state index in [0.29, 0.717) is 16.5 Å². The SMILES string of the molecule is Cn1[nH]c(=O)c(=O)nc1SCc1ccccc1C(=O)NN. The topological polar surface area (TPSA) is 123 Å². The van der Waals surface area contributed by atoms with Crippen LogP contribution in [-0.4, -0.2) is 20.7 Å². The zero-order valence-electron chi connectivity index (χ0n) is 11.1. The number of nitrogen functional groups attached to an aromatic ring is 1. The van der Waals surface area contributed by atoms with Crippen LogP contribution in [0.25, 0.3) is 0 Å². The highest BCUT2D eigenvalue weighted by molar-refractivity contribution is 7.98. The first kappa shape index (κ1) is 15.0. The van der Waals surface area contributed by atoms with Gasteiger partial charge in [0.15, 0.2) is 5.16 Å². The molecule has 2 aromatic rings. The van der Waals surface area contributed by atoms with Crippen LogP contribution in [0.1, 0.15) is 15.9 Å². The van der Waals surface area contributed by atoms with Gasteiger partial charge in [-0.3, -0.25) is 29.6 Å². The van der Waals surface area contributed by atoms with Crippen LogP contribution in [0.15, 0.2) is 39.0 Å². The van der Waals surface area contributed by atoms with E-state index in [1.54, 1.807) is 31.3 Å². The van der Waals surface area contributed by atoms with Gasteiger partial charge in [-0.2, -0.15) is 4.98 Å². The molecular formula is C12H13N5O3S. The van der Waals surface area contributed by atoms with E-state index in [9.17, 15) is 14.4 Å². The van der Waals surface area contributed by atoms with E-state index in [1.165, 1.54) is 16.4 Å². The molecule has 0 spiro atoms. The number of nitrogens with two attached hydrogens (primary N) is 1. The summed E-state index contributed by atoms with van der Waals surface area (Å²) in [6.45, 7) is 0. The first-order chi connectivity index (χ1) is 10.0. The van der Waals surface area contributed by atoms with Crippen LogP contribution in [-0.2, 0) is 12.8 Å². The Kier molecular flexibility index (Phi) is 4.55. The predicted molar refractivity (Wildman–Crippen MR) is 77.8 cm³/mol. The monoisotopic (exact) mass is 307 g/mol. The van der Waals surface area contributed by atoms with Crippen molar-refractivity contribution in [2.24, 2.45) is 12.9 Å². The third-order valence-electron chi connectivity index (χ3n) is 2.70. The Morgan fingerprint density at radius 2 is 2.14 bits per heavy atom. The molecule has 2 rings (SSSR count). The van der Waals surface area contributed by atoms with Crippen LogP contribution in [0.4, 0.5) is 0 Å². The smallest absolute Gasteiger partial charge is 0.290 e. The summed E-state index contributed by atoms with van der Waals surface area (Å²) in [6.07, 6.45) is 0. The molecule has 0 aliphatic carbocycles. The molecule has 8 nitrogen and oxygen atoms in total. The summed E-state index contributed by atoms with van der Waals surface area (Å²) in [5.74, 6) is 5.14. The molecule has 0 radical (unpaired) electrons. The molecule has 9 heteroatoms. The zero-order valence-corrected chi connectivity index (χ0v) is 11.9. The Balaban J connectivity index is 2.25. The molecule has 0 aliphatic heterocycles. The molecule has 0 bridgehead atoms. The summed E-state index contributed by atoms with van der Waals surface area (Å²) in [5, 5.41) is 2.71. The quantitative estimate of drug-likeness (QED) is 0.227. The van der Waals surface area contributed by atoms with Crippen LogP contribution in [0.2, 0.25) is 0 Å². The lowest BCUT2D eigenvalue weighted by atomic mass is 10.1. The molecule has 110 valence electrons. The summed E-state index contributed by atoms with van der Waals surface area (Å²) >= 11 is 1.23. The van der Waals surface area contributed by atoms with Gasteiger partial charge >= 0.3 is 11.1 Å². The molecule has 0 atom stereocenters. The molecule has 1 aromatic heterocycles. The zero-order chi connectivity index (χ0) is 15.4. The lowest BCUT2D eigenvalue weighted by Crippen LogP contribution is -2.33. The average molecular weight is 307 g/mol. The van der Waals surface area contributed by atoms with Gasteiger partial charge in [0.2, 0.25) is 0 Å². The Morgan fingerprint density at radius 3 is 2.86 bits per heavy atom. The minimum absolute atomic E-state index is 0.350. The van der Waals surface area contributed by atoms with Crippen molar-refractivity contribution in [3.8, 4) is 0 Å². The van der Waals surface area contributed by atoms with Crippen molar-refractivity contribution >= 4 is 17.7 Å². The van der Waals surface area contributed by atoms with E-state index in [2.05, 4.69) is 15.5 Å². The van der Waals surface area contributed by atoms with E-state index in [1.807, 2.05) is 0 Å². The fourth-order valence-corrected chi connectivity index (χ4v) is 2.60. The Bertz CT molecular complexity index is 783. The first-order valence-corrected chi connectivity index (χ1v) is 6.90. The number of aromatic amines is 1. The fraction of sp³-hybridized carbons (Fsp3) is 0.167. The molecule has 0 aliphatic rings. The lowest BCUT2D eigenvalue weighted by Gasteiger charge is -2.09. The number of H-pyrrole nitrogens is 1. The number of aromatic nitrogens is 3. The van der Waals surface area contributed by atoms with Gasteiger partial charge in [-0.05, 0) is 11.6 Å². The van der Waals surface area contributed by atoms with Crippen LogP contribution in [0, 0.1) is 0 Å². The molecule has 1 amide bonds. The van der Waals surface area contributed by atoms with Crippen LogP contribution >= 0.6 is 11.8 Å². The number of thioether (sulfide) groups is 1. The second-order valence-corrected chi connectivity index (χ2v) is 5.06. The molecule has 1 aromatic carbocycles. The van der Waals surface area contributed by atoms with Gasteiger partial charge in [-0.25, -0.2) is 5.84 Å². The number of amides is 1. The number of benzene rings is 1. The van der Waals surface area contributed by atoms with E-state index in [0.717, 1.165) is 5.56 Å². The van der Waals surface area contributed by atoms with Crippen molar-refractivity contribution in [3.05, 3.63) is 56.1 Å². The predicted octanol–water partition coefficient (Wildman–Crippen LogP) is -0.636. The number of hydrazine groups is 1. The van der Waals surface area contributed by atoms with Gasteiger partial charge in [0.05, 0.1) is 0 Å². The number of aryl methyl sites for hydroxylation is 1. The summed E-state index contributed by atoms with van der Waals surface area (Å²) in [7, 11) is 1.58. The van der Waals surface area contributed by atoms with Gasteiger partial charge in [0.1, 0.15) is 0 Å². The lowest BCUT2D eigenvalue weighted by molar-refractivity contribution is 0.0953. The third kappa shape index (κ3) is 3.38. The van der Waals surface area contributed by atoms with E-state index in [4.69, 9.17) is 5.84 Å². The second kappa shape index (κ2) is 6.37. The largest absolute Gasteiger partial charge is 0.339 e. The van der Waals surface area contributed by atoms with Crippen LogP contribution in [0.3, 0.4) is 0 Å². The van der Waals surface area contributed by atoms with Crippen molar-refractivity contribution in [1.29, 1.82) is 0 Å². The maximum atomic E-state index is 11.6. The molecule has 0 saturated carbocycles. The Labute approximate surface area is 123 Å². The van der Waals surface area contributed by atoms with Crippen molar-refractivity contribution in [2.45, 2.75) is 10.9 Å². The van der Waals surface area contributed by atoms with E-state index < -0.39 is 17.0 Å². The number of nitrogens with one attached hydrogen (secondary N) is 2. The van der Waals surface area contributed by atoms with Gasteiger partial charge in [-0.1, -0.05) is 30.0 Å². The number of rotatable bonds is 4. The maximum Gasteiger partial charge on any atom is 0.339 e. The van der Waals surface area contributed by atoms with Crippen molar-refractivity contribution in [2.75, 3.05) is 0 Å². The molecule has 0 saturated heterocycles. The molecular weight excluding hydrogens is 294 g/mol. The standard InChI is InChI=1S/C12H13N5O3S/c1-17-12(14-10(19)11(20)16-17)21-6-7-4-2-3-5-8(7)9(18)15-13/h2-5H,6,13H2,1H3,(H,15,18)(H,16,20). The Hall–Kier alpha value is -2.39. The normalized spacial score (nSPS) is 10.4. The molecule has 4 N–H and O–H groups in total. The van der Waals surface area contributed by atoms with Crippen molar-refractivity contribution < 1.29 is 4.79 Å². The number of carbonyl (C=O) groups is 1. The number of nitrogens with zero attached hydrogens (tertiary/aromatic N) is 2. The first-order valence-electron chi connectivity index (χ1n) is 5.92. The maximum absolute atomic E-state index is 11.6. The molecule has 0 unspecified atom stereocenters. The van der Waals surface area contributed by atoms with Crippen LogP contribution < -0.4 is 22.4 Å². The highest BCUT2D eigenvalue weighted by Crippen LogP contribution is 2.21. The molecule has 1 heterocycles. The highest BCUT2D eigenvalue weighted by atomic mass is 32.2. The van der Waals surface area contributed by atoms with Crippen molar-refractivity contribution in [1.82, 2.24) is 20.2 Å². The summed E-state index contributed by atoms with van der Waals surface area (Å²) in [5.41, 5.74) is 1.65.